The van der Waals surface area contributed by atoms with Crippen LogP contribution in [0.15, 0.2) is 69.9 Å². The average Bonchev–Trinajstić information content (AvgIpc) is 3.40. The lowest BCUT2D eigenvalue weighted by Gasteiger charge is -2.11. The molecule has 7 nitrogen and oxygen atoms in total. The van der Waals surface area contributed by atoms with Gasteiger partial charge in [-0.15, -0.1) is 11.3 Å². The van der Waals surface area contributed by atoms with E-state index in [4.69, 9.17) is 16.0 Å². The molecule has 0 bridgehead atoms. The van der Waals surface area contributed by atoms with Crippen molar-refractivity contribution in [1.29, 1.82) is 0 Å². The van der Waals surface area contributed by atoms with Gasteiger partial charge in [0.25, 0.3) is 10.0 Å². The third-order valence-electron chi connectivity index (χ3n) is 3.94. The summed E-state index contributed by atoms with van der Waals surface area (Å²) in [5, 5.41) is 0.126. The van der Waals surface area contributed by atoms with E-state index in [1.54, 1.807) is 6.07 Å². The van der Waals surface area contributed by atoms with Gasteiger partial charge in [-0.3, -0.25) is 9.52 Å². The van der Waals surface area contributed by atoms with Crippen LogP contribution in [-0.2, 0) is 10.0 Å². The zero-order valence-corrected chi connectivity index (χ0v) is 17.3. The molecule has 0 aliphatic carbocycles. The number of nitrogens with one attached hydrogen (secondary N) is 1. The van der Waals surface area contributed by atoms with Crippen molar-refractivity contribution in [2.45, 2.75) is 4.21 Å². The van der Waals surface area contributed by atoms with Crippen LogP contribution in [0, 0.1) is 5.82 Å². The number of hydrogen-bond acceptors (Lipinski definition) is 7. The van der Waals surface area contributed by atoms with Crippen LogP contribution in [0.4, 0.5) is 10.2 Å². The highest BCUT2D eigenvalue weighted by atomic mass is 35.5. The SMILES string of the molecule is O=C(c1cccc(F)c1)c1cc(Cl)cnc1NS(=O)(=O)c1ccc(-c2cnco2)s1. The molecule has 0 radical (unpaired) electrons. The highest BCUT2D eigenvalue weighted by molar-refractivity contribution is 7.94. The predicted molar refractivity (Wildman–Crippen MR) is 110 cm³/mol. The van der Waals surface area contributed by atoms with Crippen LogP contribution >= 0.6 is 22.9 Å². The van der Waals surface area contributed by atoms with Gasteiger partial charge in [-0.05, 0) is 30.3 Å². The first-order valence-electron chi connectivity index (χ1n) is 8.31. The molecule has 0 fully saturated rings. The standard InChI is InChI=1S/C19H11ClFN3O4S2/c20-12-7-14(18(25)11-2-1-3-13(21)6-11)19(23-8-12)24-30(26,27)17-5-4-16(29-17)15-9-22-10-28-15/h1-10H,(H,23,24). The maximum atomic E-state index is 13.5. The lowest BCUT2D eigenvalue weighted by molar-refractivity contribution is 0.103. The van der Waals surface area contributed by atoms with Gasteiger partial charge in [-0.1, -0.05) is 23.7 Å². The molecule has 4 rings (SSSR count). The van der Waals surface area contributed by atoms with Gasteiger partial charge in [0.2, 0.25) is 0 Å². The minimum Gasteiger partial charge on any atom is -0.443 e. The first-order valence-corrected chi connectivity index (χ1v) is 11.0. The highest BCUT2D eigenvalue weighted by Crippen LogP contribution is 2.32. The van der Waals surface area contributed by atoms with Gasteiger partial charge in [-0.2, -0.15) is 0 Å². The number of sulfonamides is 1. The fourth-order valence-electron chi connectivity index (χ4n) is 2.59. The van der Waals surface area contributed by atoms with Crippen molar-refractivity contribution in [1.82, 2.24) is 9.97 Å². The van der Waals surface area contributed by atoms with Crippen molar-refractivity contribution in [2.75, 3.05) is 4.72 Å². The van der Waals surface area contributed by atoms with Crippen molar-refractivity contribution in [3.8, 4) is 10.6 Å². The molecule has 1 aromatic carbocycles. The molecule has 4 aromatic rings. The van der Waals surface area contributed by atoms with E-state index < -0.39 is 21.6 Å². The van der Waals surface area contributed by atoms with Crippen LogP contribution in [0.3, 0.4) is 0 Å². The summed E-state index contributed by atoms with van der Waals surface area (Å²) in [7, 11) is -4.07. The Hall–Kier alpha value is -3.08. The summed E-state index contributed by atoms with van der Waals surface area (Å²) < 4.78 is 46.7. The van der Waals surface area contributed by atoms with Crippen LogP contribution in [0.5, 0.6) is 0 Å². The Balaban J connectivity index is 1.69. The molecular weight excluding hydrogens is 453 g/mol. The lowest BCUT2D eigenvalue weighted by atomic mass is 10.0. The summed E-state index contributed by atoms with van der Waals surface area (Å²) in [6.45, 7) is 0. The quantitative estimate of drug-likeness (QED) is 0.418. The number of anilines is 1. The Morgan fingerprint density at radius 1 is 1.17 bits per heavy atom. The number of carbonyl (C=O) groups excluding carboxylic acids is 1. The average molecular weight is 464 g/mol. The van der Waals surface area contributed by atoms with E-state index in [0.29, 0.717) is 10.6 Å². The molecule has 11 heteroatoms. The Morgan fingerprint density at radius 3 is 2.73 bits per heavy atom. The third kappa shape index (κ3) is 4.11. The summed E-state index contributed by atoms with van der Waals surface area (Å²) in [4.78, 5) is 21.2. The monoisotopic (exact) mass is 463 g/mol. The molecule has 0 atom stereocenters. The summed E-state index contributed by atoms with van der Waals surface area (Å²) in [6, 6.07) is 9.27. The van der Waals surface area contributed by atoms with Crippen LogP contribution in [0.1, 0.15) is 15.9 Å². The number of halogens is 2. The molecule has 152 valence electrons. The molecule has 30 heavy (non-hydrogen) atoms. The number of thiophene rings is 1. The number of carbonyl (C=O) groups is 1. The number of aromatic nitrogens is 2. The van der Waals surface area contributed by atoms with Crippen LogP contribution in [0.2, 0.25) is 5.02 Å². The number of benzene rings is 1. The Bertz CT molecular complexity index is 1340. The molecule has 0 aliphatic heterocycles. The molecule has 0 aliphatic rings. The van der Waals surface area contributed by atoms with Gasteiger partial charge >= 0.3 is 0 Å². The fourth-order valence-corrected chi connectivity index (χ4v) is 5.04. The first-order chi connectivity index (χ1) is 14.3. The van der Waals surface area contributed by atoms with Crippen LogP contribution in [-0.4, -0.2) is 24.2 Å². The van der Waals surface area contributed by atoms with E-state index in [0.717, 1.165) is 17.4 Å². The predicted octanol–water partition coefficient (Wildman–Crippen LogP) is 4.62. The first kappa shape index (κ1) is 20.2. The molecule has 3 aromatic heterocycles. The molecule has 0 unspecified atom stereocenters. The topological polar surface area (TPSA) is 102 Å². The second-order valence-corrected chi connectivity index (χ2v) is 9.41. The number of hydrogen-bond donors (Lipinski definition) is 1. The summed E-state index contributed by atoms with van der Waals surface area (Å²) >= 11 is 6.91. The fraction of sp³-hybridized carbons (Fsp3) is 0. The van der Waals surface area contributed by atoms with Crippen LogP contribution in [0.25, 0.3) is 10.6 Å². The van der Waals surface area contributed by atoms with Gasteiger partial charge in [-0.25, -0.2) is 22.8 Å². The van der Waals surface area contributed by atoms with Gasteiger partial charge in [0.05, 0.1) is 21.7 Å². The van der Waals surface area contributed by atoms with Gasteiger partial charge in [0, 0.05) is 11.8 Å². The molecule has 1 N–H and O–H groups in total. The smallest absolute Gasteiger partial charge is 0.272 e. The molecule has 0 amide bonds. The van der Waals surface area contributed by atoms with E-state index in [1.807, 2.05) is 0 Å². The van der Waals surface area contributed by atoms with E-state index in [9.17, 15) is 17.6 Å². The van der Waals surface area contributed by atoms with E-state index in [-0.39, 0.29) is 26.2 Å². The van der Waals surface area contributed by atoms with Crippen molar-refractivity contribution in [3.63, 3.8) is 0 Å². The van der Waals surface area contributed by atoms with E-state index >= 15 is 0 Å². The zero-order valence-electron chi connectivity index (χ0n) is 14.9. The Morgan fingerprint density at radius 2 is 2.00 bits per heavy atom. The maximum Gasteiger partial charge on any atom is 0.272 e. The molecule has 0 saturated heterocycles. The zero-order chi connectivity index (χ0) is 21.3. The second kappa shape index (κ2) is 7.98. The second-order valence-electron chi connectivity index (χ2n) is 5.98. The van der Waals surface area contributed by atoms with Crippen LogP contribution < -0.4 is 4.72 Å². The summed E-state index contributed by atoms with van der Waals surface area (Å²) in [6.07, 6.45) is 3.91. The lowest BCUT2D eigenvalue weighted by Crippen LogP contribution is -2.16. The molecule has 3 heterocycles. The number of pyridine rings is 1. The molecular formula is C19H11ClFN3O4S2. The Kier molecular flexibility index (Phi) is 5.37. The summed E-state index contributed by atoms with van der Waals surface area (Å²) in [5.74, 6) is -1.02. The normalized spacial score (nSPS) is 11.4. The minimum atomic E-state index is -4.07. The number of oxazole rings is 1. The highest BCUT2D eigenvalue weighted by Gasteiger charge is 2.23. The van der Waals surface area contributed by atoms with Gasteiger partial charge in [0.1, 0.15) is 10.0 Å². The van der Waals surface area contributed by atoms with Crippen molar-refractivity contribution in [3.05, 3.63) is 83.2 Å². The molecule has 0 spiro atoms. The number of rotatable bonds is 6. The number of nitrogens with zero attached hydrogens (tertiary/aromatic N) is 2. The van der Waals surface area contributed by atoms with Crippen molar-refractivity contribution >= 4 is 44.6 Å². The maximum absolute atomic E-state index is 13.5. The van der Waals surface area contributed by atoms with E-state index in [1.165, 1.54) is 49.1 Å². The Labute approximate surface area is 179 Å². The van der Waals surface area contributed by atoms with Crippen molar-refractivity contribution < 1.29 is 22.0 Å². The largest absolute Gasteiger partial charge is 0.443 e. The minimum absolute atomic E-state index is 0.0187. The third-order valence-corrected chi connectivity index (χ3v) is 7.08. The molecule has 0 saturated carbocycles. The van der Waals surface area contributed by atoms with Crippen molar-refractivity contribution in [2.24, 2.45) is 0 Å². The van der Waals surface area contributed by atoms with Gasteiger partial charge in [0.15, 0.2) is 23.8 Å². The van der Waals surface area contributed by atoms with Gasteiger partial charge < -0.3 is 4.42 Å². The summed E-state index contributed by atoms with van der Waals surface area (Å²) in [5.41, 5.74) is -0.0769. The van der Waals surface area contributed by atoms with E-state index in [2.05, 4.69) is 14.7 Å². The number of ketones is 1.